The van der Waals surface area contributed by atoms with Crippen LogP contribution in [0.25, 0.3) is 0 Å². The van der Waals surface area contributed by atoms with E-state index in [2.05, 4.69) is 5.32 Å². The molecule has 8 heteroatoms. The quantitative estimate of drug-likeness (QED) is 0.579. The van der Waals surface area contributed by atoms with Gasteiger partial charge in [-0.25, -0.2) is 4.79 Å². The molecule has 8 nitrogen and oxygen atoms in total. The Morgan fingerprint density at radius 3 is 2.60 bits per heavy atom. The Morgan fingerprint density at radius 2 is 2.15 bits per heavy atom. The molecule has 0 spiro atoms. The summed E-state index contributed by atoms with van der Waals surface area (Å²) < 4.78 is 1.42. The Balaban J connectivity index is 2.96. The van der Waals surface area contributed by atoms with Gasteiger partial charge in [0.2, 0.25) is 0 Å². The van der Waals surface area contributed by atoms with Crippen LogP contribution in [-0.4, -0.2) is 32.5 Å². The van der Waals surface area contributed by atoms with E-state index < -0.39 is 22.8 Å². The first-order chi connectivity index (χ1) is 9.40. The van der Waals surface area contributed by atoms with Crippen LogP contribution in [0.3, 0.4) is 0 Å². The summed E-state index contributed by atoms with van der Waals surface area (Å²) in [6.45, 7) is 3.92. The van der Waals surface area contributed by atoms with Crippen LogP contribution in [0, 0.1) is 10.1 Å². The normalized spacial score (nSPS) is 11.9. The second-order valence-corrected chi connectivity index (χ2v) is 4.28. The summed E-state index contributed by atoms with van der Waals surface area (Å²) >= 11 is 0. The zero-order valence-electron chi connectivity index (χ0n) is 11.3. The molecule has 0 aliphatic carbocycles. The molecular formula is C12H17N3O5. The lowest BCUT2D eigenvalue weighted by Crippen LogP contribution is -2.41. The number of carbonyl (C=O) groups excluding carboxylic acids is 1. The lowest BCUT2D eigenvalue weighted by Gasteiger charge is -2.14. The fourth-order valence-electron chi connectivity index (χ4n) is 1.83. The number of hydrogen-bond donors (Lipinski definition) is 2. The van der Waals surface area contributed by atoms with Crippen molar-refractivity contribution in [2.45, 2.75) is 39.3 Å². The molecule has 0 saturated heterocycles. The van der Waals surface area contributed by atoms with E-state index in [9.17, 15) is 19.7 Å². The molecule has 0 radical (unpaired) electrons. The number of rotatable bonds is 7. The number of nitrogens with one attached hydrogen (secondary N) is 1. The third kappa shape index (κ3) is 3.56. The van der Waals surface area contributed by atoms with E-state index in [1.54, 1.807) is 6.92 Å². The predicted molar refractivity (Wildman–Crippen MR) is 70.6 cm³/mol. The van der Waals surface area contributed by atoms with Crippen molar-refractivity contribution in [2.24, 2.45) is 0 Å². The minimum absolute atomic E-state index is 0.0848. The average Bonchev–Trinajstić information content (AvgIpc) is 2.82. The Bertz CT molecular complexity index is 523. The van der Waals surface area contributed by atoms with Gasteiger partial charge in [-0.15, -0.1) is 0 Å². The maximum atomic E-state index is 12.0. The van der Waals surface area contributed by atoms with Gasteiger partial charge in [-0.05, 0) is 13.3 Å². The van der Waals surface area contributed by atoms with Gasteiger partial charge in [-0.2, -0.15) is 0 Å². The molecule has 1 aromatic rings. The van der Waals surface area contributed by atoms with Crippen LogP contribution < -0.4 is 5.32 Å². The minimum Gasteiger partial charge on any atom is -0.480 e. The highest BCUT2D eigenvalue weighted by atomic mass is 16.6. The van der Waals surface area contributed by atoms with Crippen molar-refractivity contribution in [3.8, 4) is 0 Å². The average molecular weight is 283 g/mol. The molecule has 1 aromatic heterocycles. The summed E-state index contributed by atoms with van der Waals surface area (Å²) in [6, 6.07) is 0.149. The van der Waals surface area contributed by atoms with E-state index >= 15 is 0 Å². The van der Waals surface area contributed by atoms with Crippen LogP contribution in [0.1, 0.15) is 37.2 Å². The number of hydrogen-bond acceptors (Lipinski definition) is 4. The number of aryl methyl sites for hydroxylation is 1. The highest BCUT2D eigenvalue weighted by Gasteiger charge is 2.23. The van der Waals surface area contributed by atoms with Gasteiger partial charge in [0.05, 0.1) is 11.1 Å². The number of aliphatic carboxylic acids is 1. The molecular weight excluding hydrogens is 266 g/mol. The Labute approximate surface area is 115 Å². The lowest BCUT2D eigenvalue weighted by molar-refractivity contribution is -0.384. The Hall–Kier alpha value is -2.38. The molecule has 0 aliphatic heterocycles. The van der Waals surface area contributed by atoms with E-state index in [1.165, 1.54) is 10.8 Å². The molecule has 0 aromatic carbocycles. The molecule has 0 bridgehead atoms. The number of nitrogens with zero attached hydrogens (tertiary/aromatic N) is 2. The molecule has 0 saturated carbocycles. The number of nitro groups is 1. The Morgan fingerprint density at radius 1 is 1.50 bits per heavy atom. The van der Waals surface area contributed by atoms with Gasteiger partial charge in [0, 0.05) is 12.6 Å². The van der Waals surface area contributed by atoms with Crippen molar-refractivity contribution in [1.82, 2.24) is 9.88 Å². The number of carboxylic acid groups (broad SMARTS) is 1. The van der Waals surface area contributed by atoms with E-state index in [4.69, 9.17) is 5.11 Å². The molecule has 1 amide bonds. The second kappa shape index (κ2) is 6.69. The maximum Gasteiger partial charge on any atom is 0.326 e. The summed E-state index contributed by atoms with van der Waals surface area (Å²) in [7, 11) is 0. The topological polar surface area (TPSA) is 114 Å². The summed E-state index contributed by atoms with van der Waals surface area (Å²) in [6.07, 6.45) is 2.16. The number of aromatic nitrogens is 1. The van der Waals surface area contributed by atoms with Gasteiger partial charge < -0.3 is 15.0 Å². The zero-order valence-corrected chi connectivity index (χ0v) is 11.3. The van der Waals surface area contributed by atoms with Crippen LogP contribution in [0.15, 0.2) is 12.3 Å². The monoisotopic (exact) mass is 283 g/mol. The number of carboxylic acids is 1. The van der Waals surface area contributed by atoms with E-state index in [1.807, 2.05) is 6.92 Å². The van der Waals surface area contributed by atoms with Crippen LogP contribution in [0.2, 0.25) is 0 Å². The highest BCUT2D eigenvalue weighted by molar-refractivity contribution is 5.96. The van der Waals surface area contributed by atoms with Gasteiger partial charge in [-0.3, -0.25) is 14.9 Å². The van der Waals surface area contributed by atoms with Gasteiger partial charge in [0.25, 0.3) is 11.6 Å². The highest BCUT2D eigenvalue weighted by Crippen LogP contribution is 2.16. The summed E-state index contributed by atoms with van der Waals surface area (Å²) in [5.41, 5.74) is -0.110. The van der Waals surface area contributed by atoms with Crippen LogP contribution in [0.4, 0.5) is 5.69 Å². The minimum atomic E-state index is -1.12. The van der Waals surface area contributed by atoms with Crippen molar-refractivity contribution in [1.29, 1.82) is 0 Å². The molecule has 1 unspecified atom stereocenters. The van der Waals surface area contributed by atoms with Crippen LogP contribution >= 0.6 is 0 Å². The number of carbonyl (C=O) groups is 2. The van der Waals surface area contributed by atoms with E-state index in [0.29, 0.717) is 19.4 Å². The second-order valence-electron chi connectivity index (χ2n) is 4.28. The van der Waals surface area contributed by atoms with Crippen molar-refractivity contribution in [3.63, 3.8) is 0 Å². The van der Waals surface area contributed by atoms with Crippen LogP contribution in [-0.2, 0) is 11.3 Å². The molecule has 1 heterocycles. The molecule has 110 valence electrons. The Kier molecular flexibility index (Phi) is 5.24. The summed E-state index contributed by atoms with van der Waals surface area (Å²) in [5.74, 6) is -1.75. The van der Waals surface area contributed by atoms with Gasteiger partial charge in [0.1, 0.15) is 11.7 Å². The van der Waals surface area contributed by atoms with E-state index in [0.717, 1.165) is 6.07 Å². The molecule has 0 fully saturated rings. The third-order valence-electron chi connectivity index (χ3n) is 2.85. The molecule has 2 N–H and O–H groups in total. The van der Waals surface area contributed by atoms with Crippen molar-refractivity contribution in [3.05, 3.63) is 28.1 Å². The standard InChI is InChI=1S/C12H17N3O5/c1-3-5-9(12(17)18)13-11(16)10-6-8(15(19)20)7-14(10)4-2/h6-7,9H,3-5H2,1-2H3,(H,13,16)(H,17,18). The predicted octanol–water partition coefficient (Wildman–Crippen LogP) is 1.40. The maximum absolute atomic E-state index is 12.0. The van der Waals surface area contributed by atoms with Crippen molar-refractivity contribution < 1.29 is 19.6 Å². The molecule has 1 atom stereocenters. The van der Waals surface area contributed by atoms with Gasteiger partial charge >= 0.3 is 5.97 Å². The smallest absolute Gasteiger partial charge is 0.326 e. The first-order valence-corrected chi connectivity index (χ1v) is 6.28. The van der Waals surface area contributed by atoms with Gasteiger partial charge in [-0.1, -0.05) is 13.3 Å². The SMILES string of the molecule is CCCC(NC(=O)c1cc([N+](=O)[O-])cn1CC)C(=O)O. The van der Waals surface area contributed by atoms with Crippen LogP contribution in [0.5, 0.6) is 0 Å². The molecule has 1 rings (SSSR count). The summed E-state index contributed by atoms with van der Waals surface area (Å²) in [4.78, 5) is 33.1. The van der Waals surface area contributed by atoms with Crippen molar-refractivity contribution in [2.75, 3.05) is 0 Å². The van der Waals surface area contributed by atoms with Crippen molar-refractivity contribution >= 4 is 17.6 Å². The molecule has 20 heavy (non-hydrogen) atoms. The first-order valence-electron chi connectivity index (χ1n) is 6.28. The third-order valence-corrected chi connectivity index (χ3v) is 2.85. The fourth-order valence-corrected chi connectivity index (χ4v) is 1.83. The fraction of sp³-hybridized carbons (Fsp3) is 0.500. The lowest BCUT2D eigenvalue weighted by atomic mass is 10.1. The van der Waals surface area contributed by atoms with Gasteiger partial charge in [0.15, 0.2) is 0 Å². The first kappa shape index (κ1) is 15.7. The largest absolute Gasteiger partial charge is 0.480 e. The molecule has 0 aliphatic rings. The van der Waals surface area contributed by atoms with E-state index in [-0.39, 0.29) is 11.4 Å². The zero-order chi connectivity index (χ0) is 15.3. The summed E-state index contributed by atoms with van der Waals surface area (Å²) in [5, 5.41) is 22.1. The number of amides is 1.